The van der Waals surface area contributed by atoms with Crippen LogP contribution < -0.4 is 4.90 Å². The Morgan fingerprint density at radius 3 is 2.61 bits per heavy atom. The Kier molecular flexibility index (Phi) is 3.57. The Balaban J connectivity index is 1.60. The molecule has 0 radical (unpaired) electrons. The Labute approximate surface area is 117 Å². The lowest BCUT2D eigenvalue weighted by Crippen LogP contribution is -2.47. The van der Waals surface area contributed by atoms with E-state index in [9.17, 15) is 0 Å². The highest BCUT2D eigenvalue weighted by atomic mass is 79.9. The standard InChI is InChI=1S/C14H20BrN3/c1-11-8-13(15)9-16-14(11)18-6-4-17(5-7-18)10-12-2-3-12/h8-9,12H,2-7,10H2,1H3. The summed E-state index contributed by atoms with van der Waals surface area (Å²) in [5.74, 6) is 2.16. The molecule has 1 aliphatic carbocycles. The third kappa shape index (κ3) is 2.86. The summed E-state index contributed by atoms with van der Waals surface area (Å²) < 4.78 is 1.07. The van der Waals surface area contributed by atoms with Gasteiger partial charge in [-0.05, 0) is 53.2 Å². The highest BCUT2D eigenvalue weighted by molar-refractivity contribution is 9.10. The Bertz CT molecular complexity index is 423. The van der Waals surface area contributed by atoms with Crippen molar-refractivity contribution in [2.75, 3.05) is 37.6 Å². The van der Waals surface area contributed by atoms with Gasteiger partial charge in [-0.2, -0.15) is 0 Å². The van der Waals surface area contributed by atoms with E-state index in [0.29, 0.717) is 0 Å². The first kappa shape index (κ1) is 12.4. The van der Waals surface area contributed by atoms with Crippen molar-refractivity contribution in [2.24, 2.45) is 5.92 Å². The zero-order chi connectivity index (χ0) is 12.5. The lowest BCUT2D eigenvalue weighted by Gasteiger charge is -2.36. The lowest BCUT2D eigenvalue weighted by atomic mass is 10.2. The molecule has 0 spiro atoms. The van der Waals surface area contributed by atoms with E-state index in [0.717, 1.165) is 29.3 Å². The van der Waals surface area contributed by atoms with Crippen molar-refractivity contribution in [3.8, 4) is 0 Å². The molecule has 2 aliphatic rings. The van der Waals surface area contributed by atoms with E-state index in [1.165, 1.54) is 38.0 Å². The van der Waals surface area contributed by atoms with Gasteiger partial charge < -0.3 is 4.90 Å². The molecule has 0 bridgehead atoms. The summed E-state index contributed by atoms with van der Waals surface area (Å²) in [7, 11) is 0. The summed E-state index contributed by atoms with van der Waals surface area (Å²) >= 11 is 3.47. The predicted octanol–water partition coefficient (Wildman–Crippen LogP) is 2.68. The summed E-state index contributed by atoms with van der Waals surface area (Å²) in [6.07, 6.45) is 4.81. The van der Waals surface area contributed by atoms with Crippen LogP contribution in [-0.4, -0.2) is 42.6 Å². The van der Waals surface area contributed by atoms with E-state index < -0.39 is 0 Å². The molecule has 0 atom stereocenters. The van der Waals surface area contributed by atoms with Crippen molar-refractivity contribution in [1.82, 2.24) is 9.88 Å². The molecular formula is C14H20BrN3. The van der Waals surface area contributed by atoms with Crippen LogP contribution in [0.5, 0.6) is 0 Å². The largest absolute Gasteiger partial charge is 0.354 e. The molecule has 2 heterocycles. The number of hydrogen-bond donors (Lipinski definition) is 0. The van der Waals surface area contributed by atoms with Crippen LogP contribution in [0.1, 0.15) is 18.4 Å². The maximum absolute atomic E-state index is 4.56. The average molecular weight is 310 g/mol. The Morgan fingerprint density at radius 2 is 2.00 bits per heavy atom. The summed E-state index contributed by atoms with van der Waals surface area (Å²) in [5.41, 5.74) is 1.26. The molecule has 1 saturated carbocycles. The van der Waals surface area contributed by atoms with Gasteiger partial charge in [0.1, 0.15) is 5.82 Å². The maximum atomic E-state index is 4.56. The molecule has 0 N–H and O–H groups in total. The van der Waals surface area contributed by atoms with E-state index in [-0.39, 0.29) is 0 Å². The van der Waals surface area contributed by atoms with Gasteiger partial charge in [0, 0.05) is 43.4 Å². The summed E-state index contributed by atoms with van der Waals surface area (Å²) in [6.45, 7) is 8.07. The SMILES string of the molecule is Cc1cc(Br)cnc1N1CCN(CC2CC2)CC1. The zero-order valence-electron chi connectivity index (χ0n) is 10.9. The van der Waals surface area contributed by atoms with Gasteiger partial charge in [0.25, 0.3) is 0 Å². The molecule has 3 rings (SSSR count). The van der Waals surface area contributed by atoms with Crippen LogP contribution >= 0.6 is 15.9 Å². The first-order chi connectivity index (χ1) is 8.72. The van der Waals surface area contributed by atoms with Crippen LogP contribution in [0, 0.1) is 12.8 Å². The van der Waals surface area contributed by atoms with E-state index in [1.807, 2.05) is 6.20 Å². The van der Waals surface area contributed by atoms with Crippen molar-refractivity contribution >= 4 is 21.7 Å². The van der Waals surface area contributed by atoms with Crippen molar-refractivity contribution < 1.29 is 0 Å². The molecule has 2 fully saturated rings. The third-order valence-electron chi connectivity index (χ3n) is 3.90. The fourth-order valence-electron chi connectivity index (χ4n) is 2.67. The van der Waals surface area contributed by atoms with E-state index in [4.69, 9.17) is 0 Å². The topological polar surface area (TPSA) is 19.4 Å². The molecule has 0 unspecified atom stereocenters. The Morgan fingerprint density at radius 1 is 1.28 bits per heavy atom. The lowest BCUT2D eigenvalue weighted by molar-refractivity contribution is 0.247. The van der Waals surface area contributed by atoms with E-state index in [1.54, 1.807) is 0 Å². The number of halogens is 1. The van der Waals surface area contributed by atoms with Crippen LogP contribution in [0.3, 0.4) is 0 Å². The molecule has 18 heavy (non-hydrogen) atoms. The fourth-order valence-corrected chi connectivity index (χ4v) is 3.12. The van der Waals surface area contributed by atoms with Crippen LogP contribution in [0.25, 0.3) is 0 Å². The third-order valence-corrected chi connectivity index (χ3v) is 4.34. The van der Waals surface area contributed by atoms with Gasteiger partial charge in [0.2, 0.25) is 0 Å². The Hall–Kier alpha value is -0.610. The molecule has 1 aliphatic heterocycles. The second-order valence-electron chi connectivity index (χ2n) is 5.53. The second-order valence-corrected chi connectivity index (χ2v) is 6.44. The average Bonchev–Trinajstić information content (AvgIpc) is 3.15. The molecule has 4 heteroatoms. The number of aromatic nitrogens is 1. The molecule has 0 amide bonds. The molecule has 1 saturated heterocycles. The smallest absolute Gasteiger partial charge is 0.131 e. The van der Waals surface area contributed by atoms with Gasteiger partial charge in [0.05, 0.1) is 0 Å². The highest BCUT2D eigenvalue weighted by Gasteiger charge is 2.26. The first-order valence-corrected chi connectivity index (χ1v) is 7.61. The van der Waals surface area contributed by atoms with Crippen LogP contribution in [0.4, 0.5) is 5.82 Å². The van der Waals surface area contributed by atoms with Crippen LogP contribution in [-0.2, 0) is 0 Å². The maximum Gasteiger partial charge on any atom is 0.131 e. The number of hydrogen-bond acceptors (Lipinski definition) is 3. The van der Waals surface area contributed by atoms with Crippen LogP contribution in [0.15, 0.2) is 16.7 Å². The number of rotatable bonds is 3. The van der Waals surface area contributed by atoms with Crippen LogP contribution in [0.2, 0.25) is 0 Å². The monoisotopic (exact) mass is 309 g/mol. The minimum Gasteiger partial charge on any atom is -0.354 e. The molecule has 1 aromatic rings. The summed E-state index contributed by atoms with van der Waals surface area (Å²) in [5, 5.41) is 0. The summed E-state index contributed by atoms with van der Waals surface area (Å²) in [6, 6.07) is 2.15. The zero-order valence-corrected chi connectivity index (χ0v) is 12.5. The minimum absolute atomic E-state index is 1.00. The number of pyridine rings is 1. The normalized spacial score (nSPS) is 21.3. The molecule has 3 nitrogen and oxygen atoms in total. The van der Waals surface area contributed by atoms with E-state index >= 15 is 0 Å². The number of anilines is 1. The number of aryl methyl sites for hydroxylation is 1. The van der Waals surface area contributed by atoms with E-state index in [2.05, 4.69) is 43.7 Å². The van der Waals surface area contributed by atoms with Crippen molar-refractivity contribution in [3.05, 3.63) is 22.3 Å². The second kappa shape index (κ2) is 5.17. The molecule has 0 aromatic carbocycles. The summed E-state index contributed by atoms with van der Waals surface area (Å²) in [4.78, 5) is 9.60. The van der Waals surface area contributed by atoms with Crippen molar-refractivity contribution in [2.45, 2.75) is 19.8 Å². The number of piperazine rings is 1. The van der Waals surface area contributed by atoms with Gasteiger partial charge in [0.15, 0.2) is 0 Å². The predicted molar refractivity (Wildman–Crippen MR) is 78.1 cm³/mol. The van der Waals surface area contributed by atoms with Crippen molar-refractivity contribution in [3.63, 3.8) is 0 Å². The van der Waals surface area contributed by atoms with Gasteiger partial charge in [-0.15, -0.1) is 0 Å². The van der Waals surface area contributed by atoms with Gasteiger partial charge in [-0.25, -0.2) is 4.98 Å². The van der Waals surface area contributed by atoms with Gasteiger partial charge in [-0.1, -0.05) is 0 Å². The minimum atomic E-state index is 1.00. The number of nitrogens with zero attached hydrogens (tertiary/aromatic N) is 3. The van der Waals surface area contributed by atoms with Gasteiger partial charge in [-0.3, -0.25) is 4.90 Å². The molecule has 98 valence electrons. The van der Waals surface area contributed by atoms with Crippen molar-refractivity contribution in [1.29, 1.82) is 0 Å². The fraction of sp³-hybridized carbons (Fsp3) is 0.643. The van der Waals surface area contributed by atoms with Gasteiger partial charge >= 0.3 is 0 Å². The molecule has 1 aromatic heterocycles. The highest BCUT2D eigenvalue weighted by Crippen LogP contribution is 2.30. The quantitative estimate of drug-likeness (QED) is 0.856. The molecular weight excluding hydrogens is 290 g/mol. The first-order valence-electron chi connectivity index (χ1n) is 6.82.